The van der Waals surface area contributed by atoms with Crippen molar-refractivity contribution in [1.29, 1.82) is 0 Å². The Morgan fingerprint density at radius 1 is 1.15 bits per heavy atom. The largest absolute Gasteiger partial charge is 0.490 e. The van der Waals surface area contributed by atoms with Crippen LogP contribution < -0.4 is 4.74 Å². The lowest BCUT2D eigenvalue weighted by Crippen LogP contribution is -1.95. The smallest absolute Gasteiger partial charge is 0.263 e. The van der Waals surface area contributed by atoms with Gasteiger partial charge in [-0.2, -0.15) is 0 Å². The molecule has 1 saturated carbocycles. The van der Waals surface area contributed by atoms with Gasteiger partial charge in [-0.15, -0.1) is 0 Å². The number of ether oxygens (including phenoxy) is 1. The van der Waals surface area contributed by atoms with E-state index in [0.29, 0.717) is 11.9 Å². The minimum atomic E-state index is -2.39. The molecule has 0 aliphatic heterocycles. The summed E-state index contributed by atoms with van der Waals surface area (Å²) in [4.78, 5) is 0. The minimum Gasteiger partial charge on any atom is -0.490 e. The summed E-state index contributed by atoms with van der Waals surface area (Å²) in [7, 11) is 0. The molecule has 0 spiro atoms. The molecule has 0 N–H and O–H groups in total. The van der Waals surface area contributed by atoms with E-state index in [2.05, 4.69) is 0 Å². The maximum atomic E-state index is 12.1. The van der Waals surface area contributed by atoms with Gasteiger partial charge in [-0.25, -0.2) is 8.78 Å². The van der Waals surface area contributed by atoms with Crippen LogP contribution in [-0.4, -0.2) is 6.10 Å². The van der Waals surface area contributed by atoms with Crippen molar-refractivity contribution in [3.05, 3.63) is 29.8 Å². The fraction of sp³-hybridized carbons (Fsp3) is 0.400. The molecule has 0 atom stereocenters. The highest BCUT2D eigenvalue weighted by Crippen LogP contribution is 2.28. The van der Waals surface area contributed by atoms with Crippen molar-refractivity contribution in [1.82, 2.24) is 0 Å². The second-order valence-electron chi connectivity index (χ2n) is 3.19. The molecule has 0 saturated heterocycles. The summed E-state index contributed by atoms with van der Waals surface area (Å²) in [6.45, 7) is 0. The second kappa shape index (κ2) is 3.32. The molecule has 70 valence electrons. The molecule has 0 unspecified atom stereocenters. The molecule has 0 heterocycles. The molecule has 3 heteroatoms. The summed E-state index contributed by atoms with van der Waals surface area (Å²) in [6.07, 6.45) is 0.0834. The zero-order valence-electron chi connectivity index (χ0n) is 7.04. The van der Waals surface area contributed by atoms with E-state index in [0.717, 1.165) is 12.8 Å². The molecule has 13 heavy (non-hydrogen) atoms. The van der Waals surface area contributed by atoms with Crippen LogP contribution in [-0.2, 0) is 0 Å². The number of rotatable bonds is 3. The maximum Gasteiger partial charge on any atom is 0.263 e. The Hall–Kier alpha value is -1.12. The Balaban J connectivity index is 2.04. The van der Waals surface area contributed by atoms with Gasteiger partial charge in [0.05, 0.1) is 6.10 Å². The summed E-state index contributed by atoms with van der Waals surface area (Å²) in [5.41, 5.74) is 0.0446. The molecule has 1 aliphatic rings. The standard InChI is InChI=1S/C10H10F2O/c11-10(12)7-1-3-8(4-2-7)13-9-5-6-9/h1-4,9-10H,5-6H2. The molecule has 1 aromatic carbocycles. The molecule has 0 bridgehead atoms. The van der Waals surface area contributed by atoms with Gasteiger partial charge in [-0.1, -0.05) is 0 Å². The van der Waals surface area contributed by atoms with Crippen LogP contribution in [0.15, 0.2) is 24.3 Å². The van der Waals surface area contributed by atoms with Crippen LogP contribution in [0.4, 0.5) is 8.78 Å². The topological polar surface area (TPSA) is 9.23 Å². The minimum absolute atomic E-state index is 0.0446. The lowest BCUT2D eigenvalue weighted by Gasteiger charge is -2.04. The second-order valence-corrected chi connectivity index (χ2v) is 3.19. The first-order valence-electron chi connectivity index (χ1n) is 4.30. The Labute approximate surface area is 75.3 Å². The van der Waals surface area contributed by atoms with E-state index < -0.39 is 6.43 Å². The third-order valence-electron chi connectivity index (χ3n) is 1.96. The molecular formula is C10H10F2O. The number of hydrogen-bond donors (Lipinski definition) is 0. The van der Waals surface area contributed by atoms with Crippen LogP contribution in [0.25, 0.3) is 0 Å². The molecule has 2 rings (SSSR count). The van der Waals surface area contributed by atoms with Crippen molar-refractivity contribution >= 4 is 0 Å². The van der Waals surface area contributed by atoms with Gasteiger partial charge in [0.1, 0.15) is 5.75 Å². The number of halogens is 2. The average Bonchev–Trinajstić information content (AvgIpc) is 2.89. The molecule has 1 aliphatic carbocycles. The van der Waals surface area contributed by atoms with Crippen LogP contribution in [0, 0.1) is 0 Å². The molecule has 1 nitrogen and oxygen atoms in total. The van der Waals surface area contributed by atoms with Gasteiger partial charge in [0.15, 0.2) is 0 Å². The molecule has 1 fully saturated rings. The normalized spacial score (nSPS) is 16.2. The summed E-state index contributed by atoms with van der Waals surface area (Å²) in [5, 5.41) is 0. The van der Waals surface area contributed by atoms with Crippen molar-refractivity contribution in [2.75, 3.05) is 0 Å². The third kappa shape index (κ3) is 2.17. The van der Waals surface area contributed by atoms with E-state index in [-0.39, 0.29) is 5.56 Å². The summed E-state index contributed by atoms with van der Waals surface area (Å²) in [5.74, 6) is 0.687. The molecule has 0 aromatic heterocycles. The van der Waals surface area contributed by atoms with Crippen molar-refractivity contribution in [2.24, 2.45) is 0 Å². The van der Waals surface area contributed by atoms with Gasteiger partial charge in [-0.3, -0.25) is 0 Å². The van der Waals surface area contributed by atoms with Crippen LogP contribution in [0.2, 0.25) is 0 Å². The maximum absolute atomic E-state index is 12.1. The van der Waals surface area contributed by atoms with Crippen molar-refractivity contribution in [2.45, 2.75) is 25.4 Å². The van der Waals surface area contributed by atoms with E-state index >= 15 is 0 Å². The van der Waals surface area contributed by atoms with Crippen LogP contribution in [0.5, 0.6) is 5.75 Å². The number of benzene rings is 1. The summed E-state index contributed by atoms with van der Waals surface area (Å²) < 4.78 is 29.7. The van der Waals surface area contributed by atoms with Crippen LogP contribution in [0.1, 0.15) is 24.8 Å². The zero-order valence-corrected chi connectivity index (χ0v) is 7.04. The lowest BCUT2D eigenvalue weighted by molar-refractivity contribution is 0.151. The monoisotopic (exact) mass is 184 g/mol. The fourth-order valence-electron chi connectivity index (χ4n) is 1.07. The predicted molar refractivity (Wildman–Crippen MR) is 45.0 cm³/mol. The van der Waals surface area contributed by atoms with Crippen molar-refractivity contribution < 1.29 is 13.5 Å². The zero-order chi connectivity index (χ0) is 9.26. The fourth-order valence-corrected chi connectivity index (χ4v) is 1.07. The Kier molecular flexibility index (Phi) is 2.17. The van der Waals surface area contributed by atoms with Gasteiger partial charge in [0.2, 0.25) is 0 Å². The van der Waals surface area contributed by atoms with Crippen molar-refractivity contribution in [3.8, 4) is 5.75 Å². The summed E-state index contributed by atoms with van der Waals surface area (Å²) >= 11 is 0. The Morgan fingerprint density at radius 2 is 1.77 bits per heavy atom. The van der Waals surface area contributed by atoms with Gasteiger partial charge in [-0.05, 0) is 37.1 Å². The van der Waals surface area contributed by atoms with E-state index in [4.69, 9.17) is 4.74 Å². The average molecular weight is 184 g/mol. The Morgan fingerprint density at radius 3 is 2.23 bits per heavy atom. The predicted octanol–water partition coefficient (Wildman–Crippen LogP) is 3.17. The highest BCUT2D eigenvalue weighted by molar-refractivity contribution is 5.28. The Bertz CT molecular complexity index is 277. The highest BCUT2D eigenvalue weighted by atomic mass is 19.3. The van der Waals surface area contributed by atoms with Gasteiger partial charge in [0, 0.05) is 5.56 Å². The number of alkyl halides is 2. The quantitative estimate of drug-likeness (QED) is 0.701. The van der Waals surface area contributed by atoms with Gasteiger partial charge >= 0.3 is 0 Å². The van der Waals surface area contributed by atoms with E-state index in [1.54, 1.807) is 12.1 Å². The van der Waals surface area contributed by atoms with Crippen molar-refractivity contribution in [3.63, 3.8) is 0 Å². The van der Waals surface area contributed by atoms with E-state index in [1.165, 1.54) is 12.1 Å². The van der Waals surface area contributed by atoms with E-state index in [9.17, 15) is 8.78 Å². The molecular weight excluding hydrogens is 174 g/mol. The first kappa shape index (κ1) is 8.48. The van der Waals surface area contributed by atoms with Crippen LogP contribution >= 0.6 is 0 Å². The first-order valence-corrected chi connectivity index (χ1v) is 4.30. The molecule has 1 aromatic rings. The van der Waals surface area contributed by atoms with Gasteiger partial charge < -0.3 is 4.74 Å². The third-order valence-corrected chi connectivity index (χ3v) is 1.96. The molecule has 0 radical (unpaired) electrons. The van der Waals surface area contributed by atoms with Crippen LogP contribution in [0.3, 0.4) is 0 Å². The first-order chi connectivity index (χ1) is 6.25. The summed E-state index contributed by atoms with van der Waals surface area (Å²) in [6, 6.07) is 6.00. The van der Waals surface area contributed by atoms with Gasteiger partial charge in [0.25, 0.3) is 6.43 Å². The lowest BCUT2D eigenvalue weighted by atomic mass is 10.2. The number of hydrogen-bond acceptors (Lipinski definition) is 1. The SMILES string of the molecule is FC(F)c1ccc(OC2CC2)cc1. The molecule has 0 amide bonds. The van der Waals surface area contributed by atoms with E-state index in [1.807, 2.05) is 0 Å². The highest BCUT2D eigenvalue weighted by Gasteiger charge is 2.23.